The molecule has 0 saturated heterocycles. The number of nitrogens with two attached hydrogens (primary N) is 1. The minimum atomic E-state index is -2.98. The van der Waals surface area contributed by atoms with E-state index in [0.717, 1.165) is 0 Å². The SMILES string of the molecule is CC(CN)C(C)CCS(=O)(=O)C(C)(C)C. The molecule has 2 atom stereocenters. The van der Waals surface area contributed by atoms with Crippen molar-refractivity contribution in [3.8, 4) is 0 Å². The Morgan fingerprint density at radius 1 is 1.13 bits per heavy atom. The molecular formula is C11H25NO2S. The van der Waals surface area contributed by atoms with Crippen molar-refractivity contribution in [3.05, 3.63) is 0 Å². The highest BCUT2D eigenvalue weighted by atomic mass is 32.2. The Balaban J connectivity index is 4.29. The van der Waals surface area contributed by atoms with E-state index in [4.69, 9.17) is 5.73 Å². The largest absolute Gasteiger partial charge is 0.330 e. The molecule has 15 heavy (non-hydrogen) atoms. The van der Waals surface area contributed by atoms with Crippen molar-refractivity contribution >= 4 is 9.84 Å². The maximum Gasteiger partial charge on any atom is 0.155 e. The van der Waals surface area contributed by atoms with E-state index < -0.39 is 14.6 Å². The standard InChI is InChI=1S/C11H25NO2S/c1-9(10(2)8-12)6-7-15(13,14)11(3,4)5/h9-10H,6-8,12H2,1-5H3. The van der Waals surface area contributed by atoms with E-state index in [9.17, 15) is 8.42 Å². The van der Waals surface area contributed by atoms with Crippen LogP contribution in [0, 0.1) is 11.8 Å². The van der Waals surface area contributed by atoms with Gasteiger partial charge in [-0.3, -0.25) is 0 Å². The molecule has 0 aliphatic rings. The van der Waals surface area contributed by atoms with E-state index in [0.29, 0.717) is 24.8 Å². The van der Waals surface area contributed by atoms with Gasteiger partial charge in [-0.15, -0.1) is 0 Å². The molecule has 0 saturated carbocycles. The van der Waals surface area contributed by atoms with Crippen molar-refractivity contribution in [1.29, 1.82) is 0 Å². The zero-order chi connectivity index (χ0) is 12.3. The fraction of sp³-hybridized carbons (Fsp3) is 1.00. The molecule has 0 aromatic rings. The minimum absolute atomic E-state index is 0.266. The highest BCUT2D eigenvalue weighted by Crippen LogP contribution is 2.21. The van der Waals surface area contributed by atoms with Crippen LogP contribution in [0.25, 0.3) is 0 Å². The van der Waals surface area contributed by atoms with E-state index >= 15 is 0 Å². The number of sulfone groups is 1. The van der Waals surface area contributed by atoms with Crippen LogP contribution in [0.1, 0.15) is 41.0 Å². The fourth-order valence-electron chi connectivity index (χ4n) is 1.16. The zero-order valence-electron chi connectivity index (χ0n) is 10.6. The van der Waals surface area contributed by atoms with Gasteiger partial charge in [0.15, 0.2) is 9.84 Å². The molecule has 0 bridgehead atoms. The van der Waals surface area contributed by atoms with Crippen LogP contribution in [-0.2, 0) is 9.84 Å². The van der Waals surface area contributed by atoms with Crippen LogP contribution in [0.5, 0.6) is 0 Å². The highest BCUT2D eigenvalue weighted by Gasteiger charge is 2.29. The Kier molecular flexibility index (Phi) is 5.27. The third-order valence-electron chi connectivity index (χ3n) is 3.12. The first kappa shape index (κ1) is 14.9. The molecule has 92 valence electrons. The van der Waals surface area contributed by atoms with E-state index in [2.05, 4.69) is 13.8 Å². The lowest BCUT2D eigenvalue weighted by Crippen LogP contribution is -2.32. The quantitative estimate of drug-likeness (QED) is 0.790. The third kappa shape index (κ3) is 4.51. The Bertz CT molecular complexity index is 277. The smallest absolute Gasteiger partial charge is 0.155 e. The predicted octanol–water partition coefficient (Wildman–Crippen LogP) is 1.82. The first-order chi connectivity index (χ1) is 6.62. The second-order valence-corrected chi connectivity index (χ2v) is 8.27. The van der Waals surface area contributed by atoms with Gasteiger partial charge in [-0.2, -0.15) is 0 Å². The van der Waals surface area contributed by atoms with Crippen LogP contribution in [-0.4, -0.2) is 25.5 Å². The molecular weight excluding hydrogens is 210 g/mol. The summed E-state index contributed by atoms with van der Waals surface area (Å²) in [5.41, 5.74) is 5.55. The number of hydrogen-bond donors (Lipinski definition) is 1. The molecule has 0 spiro atoms. The zero-order valence-corrected chi connectivity index (χ0v) is 11.4. The van der Waals surface area contributed by atoms with Gasteiger partial charge in [0.05, 0.1) is 10.5 Å². The summed E-state index contributed by atoms with van der Waals surface area (Å²) in [6.45, 7) is 10.00. The summed E-state index contributed by atoms with van der Waals surface area (Å²) in [6, 6.07) is 0. The maximum absolute atomic E-state index is 11.8. The molecule has 2 N–H and O–H groups in total. The Morgan fingerprint density at radius 2 is 1.60 bits per heavy atom. The van der Waals surface area contributed by atoms with Gasteiger partial charge in [-0.1, -0.05) is 13.8 Å². The number of hydrogen-bond acceptors (Lipinski definition) is 3. The van der Waals surface area contributed by atoms with Gasteiger partial charge in [-0.05, 0) is 45.6 Å². The van der Waals surface area contributed by atoms with Gasteiger partial charge < -0.3 is 5.73 Å². The molecule has 2 unspecified atom stereocenters. The molecule has 0 amide bonds. The topological polar surface area (TPSA) is 60.2 Å². The van der Waals surface area contributed by atoms with Crippen molar-refractivity contribution < 1.29 is 8.42 Å². The van der Waals surface area contributed by atoms with Crippen molar-refractivity contribution in [2.75, 3.05) is 12.3 Å². The third-order valence-corrected chi connectivity index (χ3v) is 5.76. The van der Waals surface area contributed by atoms with Crippen LogP contribution in [0.15, 0.2) is 0 Å². The molecule has 0 aliphatic heterocycles. The first-order valence-corrected chi connectivity index (χ1v) is 7.19. The summed E-state index contributed by atoms with van der Waals surface area (Å²) in [7, 11) is -2.98. The Hall–Kier alpha value is -0.0900. The average molecular weight is 235 g/mol. The molecule has 4 heteroatoms. The van der Waals surface area contributed by atoms with Crippen molar-refractivity contribution in [2.45, 2.75) is 45.8 Å². The normalized spacial score (nSPS) is 17.5. The van der Waals surface area contributed by atoms with Crippen LogP contribution < -0.4 is 5.73 Å². The highest BCUT2D eigenvalue weighted by molar-refractivity contribution is 7.92. The van der Waals surface area contributed by atoms with Crippen molar-refractivity contribution in [1.82, 2.24) is 0 Å². The maximum atomic E-state index is 11.8. The molecule has 0 fully saturated rings. The number of rotatable bonds is 5. The molecule has 0 radical (unpaired) electrons. The van der Waals surface area contributed by atoms with E-state index in [-0.39, 0.29) is 5.75 Å². The van der Waals surface area contributed by atoms with Crippen molar-refractivity contribution in [2.24, 2.45) is 17.6 Å². The fourth-order valence-corrected chi connectivity index (χ4v) is 2.46. The van der Waals surface area contributed by atoms with Crippen molar-refractivity contribution in [3.63, 3.8) is 0 Å². The first-order valence-electron chi connectivity index (χ1n) is 5.54. The average Bonchev–Trinajstić information content (AvgIpc) is 2.11. The summed E-state index contributed by atoms with van der Waals surface area (Å²) in [4.78, 5) is 0. The van der Waals surface area contributed by atoms with Crippen LogP contribution in [0.3, 0.4) is 0 Å². The summed E-state index contributed by atoms with van der Waals surface area (Å²) in [5, 5.41) is 0. The van der Waals surface area contributed by atoms with Gasteiger partial charge in [0.1, 0.15) is 0 Å². The van der Waals surface area contributed by atoms with Crippen LogP contribution >= 0.6 is 0 Å². The van der Waals surface area contributed by atoms with Gasteiger partial charge in [0, 0.05) is 0 Å². The Labute approximate surface area is 94.4 Å². The lowest BCUT2D eigenvalue weighted by molar-refractivity contribution is 0.384. The van der Waals surface area contributed by atoms with E-state index in [1.807, 2.05) is 0 Å². The summed E-state index contributed by atoms with van der Waals surface area (Å²) >= 11 is 0. The summed E-state index contributed by atoms with van der Waals surface area (Å²) in [6.07, 6.45) is 0.706. The lowest BCUT2D eigenvalue weighted by Gasteiger charge is -2.22. The summed E-state index contributed by atoms with van der Waals surface area (Å²) < 4.78 is 23.0. The van der Waals surface area contributed by atoms with Gasteiger partial charge >= 0.3 is 0 Å². The lowest BCUT2D eigenvalue weighted by atomic mass is 9.94. The molecule has 3 nitrogen and oxygen atoms in total. The monoisotopic (exact) mass is 235 g/mol. The van der Waals surface area contributed by atoms with Crippen LogP contribution in [0.4, 0.5) is 0 Å². The molecule has 0 aliphatic carbocycles. The van der Waals surface area contributed by atoms with E-state index in [1.54, 1.807) is 20.8 Å². The van der Waals surface area contributed by atoms with Gasteiger partial charge in [-0.25, -0.2) is 8.42 Å². The second kappa shape index (κ2) is 5.30. The predicted molar refractivity (Wildman–Crippen MR) is 65.5 cm³/mol. The molecule has 0 rings (SSSR count). The van der Waals surface area contributed by atoms with E-state index in [1.165, 1.54) is 0 Å². The Morgan fingerprint density at radius 3 is 1.93 bits per heavy atom. The summed E-state index contributed by atoms with van der Waals surface area (Å²) in [5.74, 6) is 1.02. The van der Waals surface area contributed by atoms with Crippen LogP contribution in [0.2, 0.25) is 0 Å². The molecule has 0 heterocycles. The van der Waals surface area contributed by atoms with Gasteiger partial charge in [0.25, 0.3) is 0 Å². The molecule has 0 aromatic carbocycles. The molecule has 0 aromatic heterocycles. The second-order valence-electron chi connectivity index (χ2n) is 5.41. The van der Waals surface area contributed by atoms with Gasteiger partial charge in [0.2, 0.25) is 0 Å². The minimum Gasteiger partial charge on any atom is -0.330 e.